The Labute approximate surface area is 123 Å². The number of halogens is 1. The number of anilines is 1. The Balaban J connectivity index is 2.08. The van der Waals surface area contributed by atoms with Gasteiger partial charge in [-0.2, -0.15) is 4.80 Å². The molecule has 0 radical (unpaired) electrons. The van der Waals surface area contributed by atoms with Crippen LogP contribution in [0.2, 0.25) is 5.02 Å². The standard InChI is InChI=1S/C11H9ClN6O3/c1-17-15-11(14-16-17)13-10(19)5-3-7-2-4-8(12)9(6-7)18(20)21/h2-6H,1H3,(H,13,15,19). The number of aromatic nitrogens is 4. The van der Waals surface area contributed by atoms with E-state index >= 15 is 0 Å². The van der Waals surface area contributed by atoms with Crippen LogP contribution in [0.4, 0.5) is 11.6 Å². The number of aryl methyl sites for hydroxylation is 1. The van der Waals surface area contributed by atoms with E-state index in [0.717, 1.165) is 0 Å². The predicted octanol–water partition coefficient (Wildman–Crippen LogP) is 1.42. The van der Waals surface area contributed by atoms with E-state index in [4.69, 9.17) is 11.6 Å². The summed E-state index contributed by atoms with van der Waals surface area (Å²) in [5.41, 5.74) is 0.239. The fourth-order valence-corrected chi connectivity index (χ4v) is 1.62. The Kier molecular flexibility index (Phi) is 4.24. The molecule has 1 aromatic carbocycles. The number of carbonyl (C=O) groups excluding carboxylic acids is 1. The summed E-state index contributed by atoms with van der Waals surface area (Å²) < 4.78 is 0. The molecular formula is C11H9ClN6O3. The van der Waals surface area contributed by atoms with Gasteiger partial charge in [-0.3, -0.25) is 20.2 Å². The molecule has 1 amide bonds. The molecule has 0 aliphatic heterocycles. The Bertz CT molecular complexity index is 726. The molecule has 0 atom stereocenters. The number of nitrogens with one attached hydrogen (secondary N) is 1. The number of nitro benzene ring substituents is 1. The molecule has 0 unspecified atom stereocenters. The van der Waals surface area contributed by atoms with Crippen molar-refractivity contribution in [2.75, 3.05) is 5.32 Å². The summed E-state index contributed by atoms with van der Waals surface area (Å²) >= 11 is 5.69. The Morgan fingerprint density at radius 3 is 2.90 bits per heavy atom. The fraction of sp³-hybridized carbons (Fsp3) is 0.0909. The van der Waals surface area contributed by atoms with Gasteiger partial charge in [-0.15, -0.1) is 5.10 Å². The molecule has 0 aliphatic rings. The third kappa shape index (κ3) is 3.83. The number of rotatable bonds is 4. The van der Waals surface area contributed by atoms with Crippen LogP contribution in [0, 0.1) is 10.1 Å². The van der Waals surface area contributed by atoms with Crippen LogP contribution in [0.3, 0.4) is 0 Å². The van der Waals surface area contributed by atoms with Gasteiger partial charge in [-0.1, -0.05) is 22.8 Å². The maximum absolute atomic E-state index is 11.6. The van der Waals surface area contributed by atoms with E-state index in [9.17, 15) is 14.9 Å². The maximum atomic E-state index is 11.6. The first-order chi connectivity index (χ1) is 9.95. The lowest BCUT2D eigenvalue weighted by Crippen LogP contribution is -2.09. The van der Waals surface area contributed by atoms with Crippen molar-refractivity contribution in [3.8, 4) is 0 Å². The smallest absolute Gasteiger partial charge is 0.288 e. The van der Waals surface area contributed by atoms with E-state index < -0.39 is 10.8 Å². The molecule has 1 N–H and O–H groups in total. The lowest BCUT2D eigenvalue weighted by molar-refractivity contribution is -0.384. The molecular weight excluding hydrogens is 300 g/mol. The van der Waals surface area contributed by atoms with E-state index in [0.29, 0.717) is 5.56 Å². The molecule has 1 aromatic heterocycles. The van der Waals surface area contributed by atoms with E-state index in [1.165, 1.54) is 29.1 Å². The van der Waals surface area contributed by atoms with E-state index in [2.05, 4.69) is 20.7 Å². The van der Waals surface area contributed by atoms with Crippen molar-refractivity contribution in [3.05, 3.63) is 45.0 Å². The van der Waals surface area contributed by atoms with Crippen molar-refractivity contribution in [2.45, 2.75) is 0 Å². The van der Waals surface area contributed by atoms with Crippen LogP contribution >= 0.6 is 11.6 Å². The van der Waals surface area contributed by atoms with Crippen molar-refractivity contribution in [3.63, 3.8) is 0 Å². The van der Waals surface area contributed by atoms with Crippen LogP contribution in [-0.2, 0) is 11.8 Å². The minimum atomic E-state index is -0.594. The van der Waals surface area contributed by atoms with Gasteiger partial charge in [0, 0.05) is 12.1 Å². The molecule has 0 saturated carbocycles. The van der Waals surface area contributed by atoms with Crippen LogP contribution in [0.5, 0.6) is 0 Å². The molecule has 2 rings (SSSR count). The third-order valence-corrected chi connectivity index (χ3v) is 2.66. The molecule has 0 fully saturated rings. The van der Waals surface area contributed by atoms with Crippen molar-refractivity contribution in [2.24, 2.45) is 7.05 Å². The summed E-state index contributed by atoms with van der Waals surface area (Å²) in [5.74, 6) is -0.421. The van der Waals surface area contributed by atoms with Gasteiger partial charge in [-0.05, 0) is 22.9 Å². The Morgan fingerprint density at radius 1 is 1.52 bits per heavy atom. The Hall–Kier alpha value is -2.81. The van der Waals surface area contributed by atoms with Gasteiger partial charge in [0.05, 0.1) is 12.0 Å². The van der Waals surface area contributed by atoms with Gasteiger partial charge < -0.3 is 0 Å². The number of tetrazole rings is 1. The highest BCUT2D eigenvalue weighted by molar-refractivity contribution is 6.32. The SMILES string of the molecule is Cn1nnc(NC(=O)C=Cc2ccc(Cl)c([N+](=O)[O-])c2)n1. The zero-order valence-corrected chi connectivity index (χ0v) is 11.5. The van der Waals surface area contributed by atoms with E-state index in [1.807, 2.05) is 0 Å². The quantitative estimate of drug-likeness (QED) is 0.519. The summed E-state index contributed by atoms with van der Waals surface area (Å²) in [5, 5.41) is 24.1. The molecule has 2 aromatic rings. The summed E-state index contributed by atoms with van der Waals surface area (Å²) in [6.07, 6.45) is 2.61. The van der Waals surface area contributed by atoms with Crippen molar-refractivity contribution >= 4 is 35.2 Å². The average Bonchev–Trinajstić information content (AvgIpc) is 2.82. The topological polar surface area (TPSA) is 116 Å². The minimum absolute atomic E-state index is 0.0327. The number of hydrogen-bond donors (Lipinski definition) is 1. The molecule has 0 aliphatic carbocycles. The first-order valence-electron chi connectivity index (χ1n) is 5.63. The van der Waals surface area contributed by atoms with Crippen LogP contribution in [0.15, 0.2) is 24.3 Å². The van der Waals surface area contributed by atoms with E-state index in [-0.39, 0.29) is 16.7 Å². The van der Waals surface area contributed by atoms with Gasteiger partial charge in [0.25, 0.3) is 17.5 Å². The van der Waals surface area contributed by atoms with Crippen molar-refractivity contribution in [1.29, 1.82) is 0 Å². The lowest BCUT2D eigenvalue weighted by Gasteiger charge is -1.97. The highest BCUT2D eigenvalue weighted by Gasteiger charge is 2.11. The molecule has 0 saturated heterocycles. The first-order valence-corrected chi connectivity index (χ1v) is 6.00. The second-order valence-corrected chi connectivity index (χ2v) is 4.30. The van der Waals surface area contributed by atoms with E-state index in [1.54, 1.807) is 13.1 Å². The number of benzene rings is 1. The highest BCUT2D eigenvalue weighted by Crippen LogP contribution is 2.25. The van der Waals surface area contributed by atoms with Gasteiger partial charge in [0.2, 0.25) is 0 Å². The normalized spacial score (nSPS) is 10.8. The summed E-state index contributed by atoms with van der Waals surface area (Å²) in [6.45, 7) is 0. The molecule has 0 spiro atoms. The van der Waals surface area contributed by atoms with Crippen LogP contribution in [0.1, 0.15) is 5.56 Å². The number of hydrogen-bond acceptors (Lipinski definition) is 6. The van der Waals surface area contributed by atoms with Crippen molar-refractivity contribution in [1.82, 2.24) is 20.2 Å². The zero-order valence-electron chi connectivity index (χ0n) is 10.7. The molecule has 108 valence electrons. The fourth-order valence-electron chi connectivity index (χ4n) is 1.43. The predicted molar refractivity (Wildman–Crippen MR) is 74.6 cm³/mol. The van der Waals surface area contributed by atoms with Gasteiger partial charge in [-0.25, -0.2) is 0 Å². The molecule has 0 bridgehead atoms. The number of nitro groups is 1. The second kappa shape index (κ2) is 6.09. The monoisotopic (exact) mass is 308 g/mol. The first kappa shape index (κ1) is 14.6. The van der Waals surface area contributed by atoms with Gasteiger partial charge in [0.1, 0.15) is 5.02 Å². The summed E-state index contributed by atoms with van der Waals surface area (Å²) in [7, 11) is 1.56. The largest absolute Gasteiger partial charge is 0.288 e. The molecule has 9 nitrogen and oxygen atoms in total. The second-order valence-electron chi connectivity index (χ2n) is 3.89. The third-order valence-electron chi connectivity index (χ3n) is 2.34. The van der Waals surface area contributed by atoms with Crippen LogP contribution in [-0.4, -0.2) is 31.0 Å². The molecule has 1 heterocycles. The number of carbonyl (C=O) groups is 1. The average molecular weight is 309 g/mol. The lowest BCUT2D eigenvalue weighted by atomic mass is 10.2. The molecule has 21 heavy (non-hydrogen) atoms. The van der Waals surface area contributed by atoms with Gasteiger partial charge >= 0.3 is 0 Å². The van der Waals surface area contributed by atoms with Crippen LogP contribution in [0.25, 0.3) is 6.08 Å². The maximum Gasteiger partial charge on any atom is 0.288 e. The van der Waals surface area contributed by atoms with Crippen LogP contribution < -0.4 is 5.32 Å². The molecule has 10 heteroatoms. The minimum Gasteiger partial charge on any atom is -0.288 e. The number of nitrogens with zero attached hydrogens (tertiary/aromatic N) is 5. The zero-order chi connectivity index (χ0) is 15.4. The number of amides is 1. The summed E-state index contributed by atoms with van der Waals surface area (Å²) in [6, 6.07) is 4.22. The highest BCUT2D eigenvalue weighted by atomic mass is 35.5. The Morgan fingerprint density at radius 2 is 2.29 bits per heavy atom. The van der Waals surface area contributed by atoms with Crippen molar-refractivity contribution < 1.29 is 9.72 Å². The summed E-state index contributed by atoms with van der Waals surface area (Å²) in [4.78, 5) is 23.0. The van der Waals surface area contributed by atoms with Gasteiger partial charge in [0.15, 0.2) is 0 Å².